The molecular formula is C58H36N2O. The summed E-state index contributed by atoms with van der Waals surface area (Å²) in [5.74, 6) is 0.667. The summed E-state index contributed by atoms with van der Waals surface area (Å²) in [5, 5.41) is 9.67. The number of rotatable bonds is 6. The van der Waals surface area contributed by atoms with Crippen molar-refractivity contribution in [3.63, 3.8) is 0 Å². The Hall–Kier alpha value is -8.14. The van der Waals surface area contributed by atoms with E-state index in [1.54, 1.807) is 0 Å². The summed E-state index contributed by atoms with van der Waals surface area (Å²) >= 11 is 0. The van der Waals surface area contributed by atoms with Crippen molar-refractivity contribution in [2.45, 2.75) is 0 Å². The number of benzene rings is 10. The van der Waals surface area contributed by atoms with Crippen molar-refractivity contribution in [2.24, 2.45) is 0 Å². The number of para-hydroxylation sites is 2. The summed E-state index contributed by atoms with van der Waals surface area (Å²) in [6.45, 7) is 0. The van der Waals surface area contributed by atoms with Gasteiger partial charge in [-0.15, -0.1) is 0 Å². The molecule has 61 heavy (non-hydrogen) atoms. The van der Waals surface area contributed by atoms with Crippen LogP contribution in [0.15, 0.2) is 223 Å². The average molecular weight is 777 g/mol. The number of nitrogens with zero attached hydrogens (tertiary/aromatic N) is 2. The van der Waals surface area contributed by atoms with Gasteiger partial charge in [0.05, 0.1) is 11.4 Å². The van der Waals surface area contributed by atoms with Crippen molar-refractivity contribution in [3.8, 4) is 67.3 Å². The summed E-state index contributed by atoms with van der Waals surface area (Å²) < 4.78 is 6.55. The molecule has 0 saturated heterocycles. The Labute approximate surface area is 352 Å². The van der Waals surface area contributed by atoms with Gasteiger partial charge in [0.25, 0.3) is 0 Å². The van der Waals surface area contributed by atoms with Gasteiger partial charge in [0.2, 0.25) is 0 Å². The molecule has 3 nitrogen and oxygen atoms in total. The fourth-order valence-electron chi connectivity index (χ4n) is 9.14. The molecule has 0 atom stereocenters. The first-order valence-electron chi connectivity index (χ1n) is 20.7. The Morgan fingerprint density at radius 3 is 1.72 bits per heavy atom. The van der Waals surface area contributed by atoms with Crippen LogP contribution < -0.4 is 0 Å². The molecule has 2 heterocycles. The molecule has 284 valence electrons. The number of aromatic nitrogens is 2. The van der Waals surface area contributed by atoms with Gasteiger partial charge in [-0.1, -0.05) is 200 Å². The van der Waals surface area contributed by atoms with Gasteiger partial charge in [-0.25, -0.2) is 9.97 Å². The lowest BCUT2D eigenvalue weighted by atomic mass is 9.89. The van der Waals surface area contributed by atoms with Crippen molar-refractivity contribution in [3.05, 3.63) is 218 Å². The third-order valence-corrected chi connectivity index (χ3v) is 12.1. The molecule has 0 spiro atoms. The highest BCUT2D eigenvalue weighted by Gasteiger charge is 2.19. The van der Waals surface area contributed by atoms with Gasteiger partial charge in [0.1, 0.15) is 11.2 Å². The average Bonchev–Trinajstić information content (AvgIpc) is 3.73. The van der Waals surface area contributed by atoms with Gasteiger partial charge in [0, 0.05) is 33.0 Å². The van der Waals surface area contributed by atoms with Crippen LogP contribution in [-0.2, 0) is 0 Å². The Kier molecular flexibility index (Phi) is 8.17. The third-order valence-electron chi connectivity index (χ3n) is 12.1. The van der Waals surface area contributed by atoms with Gasteiger partial charge >= 0.3 is 0 Å². The fraction of sp³-hybridized carbons (Fsp3) is 0. The van der Waals surface area contributed by atoms with E-state index < -0.39 is 0 Å². The van der Waals surface area contributed by atoms with Crippen LogP contribution in [-0.4, -0.2) is 9.97 Å². The zero-order valence-electron chi connectivity index (χ0n) is 33.1. The van der Waals surface area contributed by atoms with E-state index in [9.17, 15) is 0 Å². The van der Waals surface area contributed by atoms with Crippen molar-refractivity contribution in [1.29, 1.82) is 0 Å². The Morgan fingerprint density at radius 1 is 0.295 bits per heavy atom. The second-order valence-corrected chi connectivity index (χ2v) is 15.7. The predicted octanol–water partition coefficient (Wildman–Crippen LogP) is 15.8. The monoisotopic (exact) mass is 776 g/mol. The molecule has 0 aliphatic heterocycles. The predicted molar refractivity (Wildman–Crippen MR) is 254 cm³/mol. The van der Waals surface area contributed by atoms with Gasteiger partial charge in [0.15, 0.2) is 5.82 Å². The second kappa shape index (κ2) is 14.3. The molecule has 3 heteroatoms. The number of furan rings is 1. The second-order valence-electron chi connectivity index (χ2n) is 15.7. The standard InChI is InChI=1S/C58H36N2O/c1-2-13-37(14-3-1)38-25-31-42(32-26-38)58-59-53(36-54(60-58)47-20-9-8-19-46(47)50-22-12-23-51-48-21-10-11-24-55(48)61-57(50)51)40-27-29-41(30-28-40)56-45-18-7-5-16-43(45)35-52-44-17-6-4-15-39(44)33-34-49(52)56/h1-36H. The Balaban J connectivity index is 1.02. The van der Waals surface area contributed by atoms with Crippen molar-refractivity contribution in [2.75, 3.05) is 0 Å². The smallest absolute Gasteiger partial charge is 0.160 e. The number of fused-ring (bicyclic) bond motifs is 7. The molecule has 0 N–H and O–H groups in total. The third kappa shape index (κ3) is 5.98. The maximum atomic E-state index is 6.55. The molecule has 12 aromatic rings. The van der Waals surface area contributed by atoms with Crippen LogP contribution >= 0.6 is 0 Å². The van der Waals surface area contributed by atoms with Crippen LogP contribution in [0.1, 0.15) is 0 Å². The van der Waals surface area contributed by atoms with Gasteiger partial charge in [-0.2, -0.15) is 0 Å². The molecule has 0 aliphatic carbocycles. The van der Waals surface area contributed by atoms with Crippen LogP contribution in [0.25, 0.3) is 122 Å². The fourth-order valence-corrected chi connectivity index (χ4v) is 9.14. The maximum Gasteiger partial charge on any atom is 0.160 e. The SMILES string of the molecule is c1ccc(-c2ccc(-c3nc(-c4ccc(-c5c6ccccc6cc6c5ccc5ccccc56)cc4)cc(-c4ccccc4-c4cccc5c4oc4ccccc45)n3)cc2)cc1. The molecule has 0 radical (unpaired) electrons. The van der Waals surface area contributed by atoms with Crippen LogP contribution in [0.3, 0.4) is 0 Å². The van der Waals surface area contributed by atoms with Crippen molar-refractivity contribution >= 4 is 54.3 Å². The first-order chi connectivity index (χ1) is 30.2. The van der Waals surface area contributed by atoms with E-state index in [2.05, 4.69) is 200 Å². The van der Waals surface area contributed by atoms with Crippen LogP contribution in [0.2, 0.25) is 0 Å². The van der Waals surface area contributed by atoms with E-state index in [-0.39, 0.29) is 0 Å². The van der Waals surface area contributed by atoms with E-state index in [1.165, 1.54) is 43.4 Å². The van der Waals surface area contributed by atoms with Gasteiger partial charge in [-0.05, 0) is 78.3 Å². The van der Waals surface area contributed by atoms with Gasteiger partial charge < -0.3 is 4.42 Å². The molecule has 2 aromatic heterocycles. The summed E-state index contributed by atoms with van der Waals surface area (Å²) in [6.07, 6.45) is 0. The molecule has 0 amide bonds. The summed E-state index contributed by atoms with van der Waals surface area (Å²) in [6, 6.07) is 77.5. The van der Waals surface area contributed by atoms with E-state index in [0.717, 1.165) is 72.3 Å². The van der Waals surface area contributed by atoms with Crippen LogP contribution in [0.4, 0.5) is 0 Å². The highest BCUT2D eigenvalue weighted by Crippen LogP contribution is 2.42. The number of hydrogen-bond donors (Lipinski definition) is 0. The van der Waals surface area contributed by atoms with Crippen molar-refractivity contribution < 1.29 is 4.42 Å². The molecule has 0 fully saturated rings. The highest BCUT2D eigenvalue weighted by atomic mass is 16.3. The lowest BCUT2D eigenvalue weighted by molar-refractivity contribution is 0.670. The molecular weight excluding hydrogens is 741 g/mol. The van der Waals surface area contributed by atoms with Gasteiger partial charge in [-0.3, -0.25) is 0 Å². The maximum absolute atomic E-state index is 6.55. The topological polar surface area (TPSA) is 38.9 Å². The first kappa shape index (κ1) is 34.9. The van der Waals surface area contributed by atoms with E-state index in [1.807, 2.05) is 18.2 Å². The Bertz CT molecular complexity index is 3620. The van der Waals surface area contributed by atoms with Crippen LogP contribution in [0, 0.1) is 0 Å². The molecule has 0 unspecified atom stereocenters. The van der Waals surface area contributed by atoms with E-state index in [4.69, 9.17) is 14.4 Å². The first-order valence-corrected chi connectivity index (χ1v) is 20.7. The lowest BCUT2D eigenvalue weighted by Crippen LogP contribution is -1.97. The van der Waals surface area contributed by atoms with E-state index in [0.29, 0.717) is 5.82 Å². The minimum atomic E-state index is 0.667. The number of hydrogen-bond acceptors (Lipinski definition) is 3. The van der Waals surface area contributed by atoms with E-state index >= 15 is 0 Å². The molecule has 0 saturated carbocycles. The molecule has 0 bridgehead atoms. The zero-order chi connectivity index (χ0) is 40.3. The largest absolute Gasteiger partial charge is 0.455 e. The van der Waals surface area contributed by atoms with Crippen molar-refractivity contribution in [1.82, 2.24) is 9.97 Å². The summed E-state index contributed by atoms with van der Waals surface area (Å²) in [7, 11) is 0. The molecule has 10 aromatic carbocycles. The zero-order valence-corrected chi connectivity index (χ0v) is 33.1. The van der Waals surface area contributed by atoms with Crippen LogP contribution in [0.5, 0.6) is 0 Å². The normalized spacial score (nSPS) is 11.6. The quantitative estimate of drug-likeness (QED) is 0.125. The summed E-state index contributed by atoms with van der Waals surface area (Å²) in [4.78, 5) is 10.6. The highest BCUT2D eigenvalue weighted by molar-refractivity contribution is 6.20. The molecule has 12 rings (SSSR count). The minimum absolute atomic E-state index is 0.667. The minimum Gasteiger partial charge on any atom is -0.455 e. The lowest BCUT2D eigenvalue weighted by Gasteiger charge is -2.15. The Morgan fingerprint density at radius 2 is 0.885 bits per heavy atom. The molecule has 0 aliphatic rings. The summed E-state index contributed by atoms with van der Waals surface area (Å²) in [5.41, 5.74) is 13.2.